The second-order valence-electron chi connectivity index (χ2n) is 4.49. The van der Waals surface area contributed by atoms with Gasteiger partial charge in [-0.1, -0.05) is 12.1 Å². The Labute approximate surface area is 105 Å². The number of benzene rings is 1. The summed E-state index contributed by atoms with van der Waals surface area (Å²) in [5, 5.41) is 4.51. The van der Waals surface area contributed by atoms with E-state index in [9.17, 15) is 0 Å². The lowest BCUT2D eigenvalue weighted by atomic mass is 9.99. The highest BCUT2D eigenvalue weighted by atomic mass is 32.1. The Morgan fingerprint density at radius 3 is 3.00 bits per heavy atom. The fourth-order valence-corrected chi connectivity index (χ4v) is 2.94. The molecule has 2 aromatic rings. The Bertz CT molecular complexity index is 491. The zero-order chi connectivity index (χ0) is 11.5. The van der Waals surface area contributed by atoms with Gasteiger partial charge in [-0.05, 0) is 55.5 Å². The van der Waals surface area contributed by atoms with Crippen LogP contribution in [0.5, 0.6) is 5.88 Å². The van der Waals surface area contributed by atoms with Gasteiger partial charge in [0, 0.05) is 0 Å². The number of aromatic nitrogens is 1. The van der Waals surface area contributed by atoms with Crippen molar-refractivity contribution < 1.29 is 4.74 Å². The van der Waals surface area contributed by atoms with E-state index >= 15 is 0 Å². The smallest absolute Gasteiger partial charge is 0.233 e. The topological polar surface area (TPSA) is 34.1 Å². The van der Waals surface area contributed by atoms with Crippen molar-refractivity contribution in [3.05, 3.63) is 24.3 Å². The molecule has 1 fully saturated rings. The van der Waals surface area contributed by atoms with E-state index in [4.69, 9.17) is 4.74 Å². The van der Waals surface area contributed by atoms with E-state index in [1.165, 1.54) is 29.1 Å². The zero-order valence-electron chi connectivity index (χ0n) is 9.69. The van der Waals surface area contributed by atoms with Gasteiger partial charge < -0.3 is 10.1 Å². The minimum Gasteiger partial charge on any atom is -0.476 e. The number of ether oxygens (including phenoxy) is 1. The quantitative estimate of drug-likeness (QED) is 0.906. The normalized spacial score (nSPS) is 17.4. The monoisotopic (exact) mass is 248 g/mol. The average molecular weight is 248 g/mol. The molecule has 0 unspecified atom stereocenters. The molecule has 1 N–H and O–H groups in total. The number of fused-ring (bicyclic) bond motifs is 1. The Kier molecular flexibility index (Phi) is 3.25. The molecule has 0 saturated carbocycles. The Hall–Kier alpha value is -1.13. The van der Waals surface area contributed by atoms with Crippen LogP contribution in [0, 0.1) is 5.92 Å². The van der Waals surface area contributed by atoms with E-state index in [-0.39, 0.29) is 0 Å². The molecule has 90 valence electrons. The van der Waals surface area contributed by atoms with Gasteiger partial charge in [-0.3, -0.25) is 0 Å². The lowest BCUT2D eigenvalue weighted by molar-refractivity contribution is 0.212. The Morgan fingerprint density at radius 1 is 1.29 bits per heavy atom. The third-order valence-corrected chi connectivity index (χ3v) is 4.07. The van der Waals surface area contributed by atoms with Gasteiger partial charge >= 0.3 is 0 Å². The first-order valence-electron chi connectivity index (χ1n) is 6.11. The summed E-state index contributed by atoms with van der Waals surface area (Å²) in [7, 11) is 0. The number of nitrogens with zero attached hydrogens (tertiary/aromatic N) is 1. The number of nitrogens with one attached hydrogen (secondary N) is 1. The molecule has 0 amide bonds. The summed E-state index contributed by atoms with van der Waals surface area (Å²) in [6, 6.07) is 8.24. The molecule has 0 aliphatic carbocycles. The molecule has 1 saturated heterocycles. The lowest BCUT2D eigenvalue weighted by Gasteiger charge is -2.22. The van der Waals surface area contributed by atoms with Gasteiger partial charge in [0.1, 0.15) is 0 Å². The van der Waals surface area contributed by atoms with Crippen molar-refractivity contribution in [1.29, 1.82) is 0 Å². The molecule has 0 bridgehead atoms. The van der Waals surface area contributed by atoms with Gasteiger partial charge in [-0.15, -0.1) is 0 Å². The maximum absolute atomic E-state index is 5.87. The fraction of sp³-hybridized carbons (Fsp3) is 0.462. The zero-order valence-corrected chi connectivity index (χ0v) is 10.5. The van der Waals surface area contributed by atoms with E-state index in [0.717, 1.165) is 31.0 Å². The predicted molar refractivity (Wildman–Crippen MR) is 70.7 cm³/mol. The maximum atomic E-state index is 5.87. The molecule has 4 heteroatoms. The minimum absolute atomic E-state index is 0.678. The molecule has 2 heterocycles. The lowest BCUT2D eigenvalue weighted by Crippen LogP contribution is -2.30. The van der Waals surface area contributed by atoms with Crippen molar-refractivity contribution in [2.24, 2.45) is 5.92 Å². The molecule has 3 nitrogen and oxygen atoms in total. The summed E-state index contributed by atoms with van der Waals surface area (Å²) < 4.78 is 11.5. The first-order chi connectivity index (χ1) is 8.43. The average Bonchev–Trinajstić information content (AvgIpc) is 2.81. The van der Waals surface area contributed by atoms with Crippen molar-refractivity contribution in [2.75, 3.05) is 19.7 Å². The SMILES string of the molecule is c1ccc2c(OCC3CCNCC3)nsc2c1. The van der Waals surface area contributed by atoms with Crippen LogP contribution in [-0.4, -0.2) is 24.1 Å². The summed E-state index contributed by atoms with van der Waals surface area (Å²) >= 11 is 1.51. The summed E-state index contributed by atoms with van der Waals surface area (Å²) in [4.78, 5) is 0. The van der Waals surface area contributed by atoms with Crippen LogP contribution in [-0.2, 0) is 0 Å². The number of piperidine rings is 1. The summed E-state index contributed by atoms with van der Waals surface area (Å²) in [6.07, 6.45) is 2.42. The van der Waals surface area contributed by atoms with Gasteiger partial charge in [0.25, 0.3) is 0 Å². The molecule has 0 atom stereocenters. The van der Waals surface area contributed by atoms with Crippen molar-refractivity contribution in [3.63, 3.8) is 0 Å². The molecular formula is C13H16N2OS. The first-order valence-corrected chi connectivity index (χ1v) is 6.89. The van der Waals surface area contributed by atoms with Crippen LogP contribution in [0.3, 0.4) is 0 Å². The molecule has 1 aromatic heterocycles. The number of hydrogen-bond donors (Lipinski definition) is 1. The van der Waals surface area contributed by atoms with Crippen LogP contribution in [0.1, 0.15) is 12.8 Å². The van der Waals surface area contributed by atoms with Gasteiger partial charge in [0.15, 0.2) is 0 Å². The van der Waals surface area contributed by atoms with Crippen molar-refractivity contribution in [3.8, 4) is 5.88 Å². The summed E-state index contributed by atoms with van der Waals surface area (Å²) in [6.45, 7) is 3.03. The van der Waals surface area contributed by atoms with E-state index < -0.39 is 0 Å². The van der Waals surface area contributed by atoms with Crippen LogP contribution < -0.4 is 10.1 Å². The van der Waals surface area contributed by atoms with Crippen LogP contribution in [0.4, 0.5) is 0 Å². The third-order valence-electron chi connectivity index (χ3n) is 3.26. The standard InChI is InChI=1S/C13H16N2OS/c1-2-4-12-11(3-1)13(15-17-12)16-9-10-5-7-14-8-6-10/h1-4,10,14H,5-9H2. The van der Waals surface area contributed by atoms with E-state index in [2.05, 4.69) is 21.8 Å². The molecule has 1 aliphatic heterocycles. The van der Waals surface area contributed by atoms with E-state index in [1.807, 2.05) is 12.1 Å². The predicted octanol–water partition coefficient (Wildman–Crippen LogP) is 2.67. The highest BCUT2D eigenvalue weighted by molar-refractivity contribution is 7.13. The molecule has 0 spiro atoms. The van der Waals surface area contributed by atoms with E-state index in [0.29, 0.717) is 5.92 Å². The van der Waals surface area contributed by atoms with Crippen LogP contribution >= 0.6 is 11.5 Å². The third kappa shape index (κ3) is 2.42. The number of rotatable bonds is 3. The number of hydrogen-bond acceptors (Lipinski definition) is 4. The molecule has 17 heavy (non-hydrogen) atoms. The van der Waals surface area contributed by atoms with Gasteiger partial charge in [-0.2, -0.15) is 4.37 Å². The molecule has 1 aromatic carbocycles. The van der Waals surface area contributed by atoms with Crippen LogP contribution in [0.25, 0.3) is 10.1 Å². The van der Waals surface area contributed by atoms with Crippen molar-refractivity contribution in [1.82, 2.24) is 9.69 Å². The van der Waals surface area contributed by atoms with Gasteiger partial charge in [-0.25, -0.2) is 0 Å². The largest absolute Gasteiger partial charge is 0.476 e. The Morgan fingerprint density at radius 2 is 2.12 bits per heavy atom. The summed E-state index contributed by atoms with van der Waals surface area (Å²) in [5.74, 6) is 1.49. The highest BCUT2D eigenvalue weighted by Crippen LogP contribution is 2.28. The maximum Gasteiger partial charge on any atom is 0.233 e. The van der Waals surface area contributed by atoms with Crippen molar-refractivity contribution >= 4 is 21.6 Å². The molecule has 1 aliphatic rings. The van der Waals surface area contributed by atoms with Crippen molar-refractivity contribution in [2.45, 2.75) is 12.8 Å². The Balaban J connectivity index is 1.68. The first kappa shape index (κ1) is 11.0. The van der Waals surface area contributed by atoms with Crippen LogP contribution in [0.2, 0.25) is 0 Å². The fourth-order valence-electron chi connectivity index (χ4n) is 2.21. The molecule has 0 radical (unpaired) electrons. The molecule has 3 rings (SSSR count). The second-order valence-corrected chi connectivity index (χ2v) is 5.29. The van der Waals surface area contributed by atoms with Crippen LogP contribution in [0.15, 0.2) is 24.3 Å². The van der Waals surface area contributed by atoms with Gasteiger partial charge in [0.05, 0.1) is 16.7 Å². The summed E-state index contributed by atoms with van der Waals surface area (Å²) in [5.41, 5.74) is 0. The minimum atomic E-state index is 0.678. The second kappa shape index (κ2) is 5.02. The van der Waals surface area contributed by atoms with Gasteiger partial charge in [0.2, 0.25) is 5.88 Å². The van der Waals surface area contributed by atoms with E-state index in [1.54, 1.807) is 0 Å². The molecular weight excluding hydrogens is 232 g/mol. The highest BCUT2D eigenvalue weighted by Gasteiger charge is 2.15.